The first-order chi connectivity index (χ1) is 10.2. The van der Waals surface area contributed by atoms with Gasteiger partial charge in [-0.3, -0.25) is 9.36 Å². The van der Waals surface area contributed by atoms with Crippen molar-refractivity contribution in [3.63, 3.8) is 0 Å². The van der Waals surface area contributed by atoms with E-state index in [9.17, 15) is 4.79 Å². The van der Waals surface area contributed by atoms with Crippen molar-refractivity contribution < 1.29 is 4.79 Å². The fraction of sp³-hybridized carbons (Fsp3) is 0.357. The van der Waals surface area contributed by atoms with Crippen LogP contribution in [-0.4, -0.2) is 33.5 Å². The third-order valence-electron chi connectivity index (χ3n) is 3.45. The van der Waals surface area contributed by atoms with Gasteiger partial charge in [0, 0.05) is 18.8 Å². The Morgan fingerprint density at radius 1 is 1.38 bits per heavy atom. The maximum atomic E-state index is 12.2. The molecule has 2 N–H and O–H groups in total. The summed E-state index contributed by atoms with van der Waals surface area (Å²) in [6.07, 6.45) is 2.21. The normalized spacial score (nSPS) is 14.1. The molecule has 0 unspecified atom stereocenters. The second-order valence-electron chi connectivity index (χ2n) is 5.02. The first-order valence-electron chi connectivity index (χ1n) is 6.81. The molecule has 21 heavy (non-hydrogen) atoms. The summed E-state index contributed by atoms with van der Waals surface area (Å²) in [5, 5.41) is 8.69. The maximum Gasteiger partial charge on any atom is 0.237 e. The number of amides is 1. The van der Waals surface area contributed by atoms with E-state index >= 15 is 0 Å². The molecule has 2 aromatic rings. The van der Waals surface area contributed by atoms with Crippen LogP contribution in [0.25, 0.3) is 0 Å². The number of nitrogens with zero attached hydrogens (tertiary/aromatic N) is 4. The second kappa shape index (κ2) is 5.77. The zero-order chi connectivity index (χ0) is 14.8. The molecular formula is C14H17N5OS. The first-order valence-corrected chi connectivity index (χ1v) is 7.80. The molecule has 0 saturated heterocycles. The minimum absolute atomic E-state index is 0.0233. The van der Waals surface area contributed by atoms with Crippen molar-refractivity contribution >= 4 is 29.3 Å². The lowest BCUT2D eigenvalue weighted by Gasteiger charge is -2.16. The summed E-state index contributed by atoms with van der Waals surface area (Å²) in [5.41, 5.74) is 6.70. The van der Waals surface area contributed by atoms with Crippen LogP contribution in [0.5, 0.6) is 0 Å². The summed E-state index contributed by atoms with van der Waals surface area (Å²) in [5.74, 6) is 0.773. The molecule has 110 valence electrons. The number of nitrogen functional groups attached to an aromatic ring is 1. The SMILES string of the molecule is CN(C(=O)CSc1nnc(N)n1C1CC1)c1ccccc1. The predicted molar refractivity (Wildman–Crippen MR) is 83.3 cm³/mol. The fourth-order valence-corrected chi connectivity index (χ4v) is 3.01. The number of rotatable bonds is 5. The van der Waals surface area contributed by atoms with Crippen molar-refractivity contribution in [3.05, 3.63) is 30.3 Å². The molecule has 0 aliphatic heterocycles. The smallest absolute Gasteiger partial charge is 0.237 e. The first kappa shape index (κ1) is 13.9. The minimum atomic E-state index is 0.0233. The fourth-order valence-electron chi connectivity index (χ4n) is 2.08. The van der Waals surface area contributed by atoms with E-state index in [-0.39, 0.29) is 5.91 Å². The molecule has 0 radical (unpaired) electrons. The van der Waals surface area contributed by atoms with E-state index in [1.807, 2.05) is 34.9 Å². The molecule has 7 heteroatoms. The van der Waals surface area contributed by atoms with Crippen LogP contribution >= 0.6 is 11.8 Å². The molecule has 1 amide bonds. The van der Waals surface area contributed by atoms with Crippen molar-refractivity contribution in [1.29, 1.82) is 0 Å². The molecule has 1 aliphatic carbocycles. The Morgan fingerprint density at radius 2 is 2.10 bits per heavy atom. The van der Waals surface area contributed by atoms with Crippen molar-refractivity contribution in [2.24, 2.45) is 0 Å². The van der Waals surface area contributed by atoms with Gasteiger partial charge >= 0.3 is 0 Å². The number of aromatic nitrogens is 3. The highest BCUT2D eigenvalue weighted by Crippen LogP contribution is 2.39. The molecule has 1 aliphatic rings. The highest BCUT2D eigenvalue weighted by molar-refractivity contribution is 7.99. The quantitative estimate of drug-likeness (QED) is 0.854. The zero-order valence-electron chi connectivity index (χ0n) is 11.8. The van der Waals surface area contributed by atoms with E-state index in [1.54, 1.807) is 11.9 Å². The minimum Gasteiger partial charge on any atom is -0.368 e. The molecule has 1 aromatic heterocycles. The Morgan fingerprint density at radius 3 is 2.76 bits per heavy atom. The topological polar surface area (TPSA) is 77.0 Å². The lowest BCUT2D eigenvalue weighted by molar-refractivity contribution is -0.115. The van der Waals surface area contributed by atoms with Crippen molar-refractivity contribution in [1.82, 2.24) is 14.8 Å². The molecule has 6 nitrogen and oxygen atoms in total. The van der Waals surface area contributed by atoms with Gasteiger partial charge in [-0.25, -0.2) is 0 Å². The van der Waals surface area contributed by atoms with Gasteiger partial charge in [0.25, 0.3) is 0 Å². The summed E-state index contributed by atoms with van der Waals surface area (Å²) in [4.78, 5) is 13.9. The van der Waals surface area contributed by atoms with Gasteiger partial charge in [-0.05, 0) is 25.0 Å². The largest absolute Gasteiger partial charge is 0.368 e. The number of anilines is 2. The van der Waals surface area contributed by atoms with Gasteiger partial charge in [0.1, 0.15) is 0 Å². The monoisotopic (exact) mass is 303 g/mol. The van der Waals surface area contributed by atoms with Gasteiger partial charge in [-0.2, -0.15) is 0 Å². The van der Waals surface area contributed by atoms with Crippen LogP contribution in [0.4, 0.5) is 11.6 Å². The van der Waals surface area contributed by atoms with Crippen LogP contribution in [0.3, 0.4) is 0 Å². The van der Waals surface area contributed by atoms with E-state index in [2.05, 4.69) is 10.2 Å². The van der Waals surface area contributed by atoms with Crippen LogP contribution in [0.15, 0.2) is 35.5 Å². The molecule has 3 rings (SSSR count). The third kappa shape index (κ3) is 3.02. The highest BCUT2D eigenvalue weighted by Gasteiger charge is 2.29. The van der Waals surface area contributed by atoms with Crippen molar-refractivity contribution in [3.8, 4) is 0 Å². The average molecular weight is 303 g/mol. The molecule has 1 heterocycles. The molecular weight excluding hydrogens is 286 g/mol. The van der Waals surface area contributed by atoms with Gasteiger partial charge in [0.05, 0.1) is 5.75 Å². The Labute approximate surface area is 127 Å². The number of benzene rings is 1. The van der Waals surface area contributed by atoms with E-state index in [1.165, 1.54) is 11.8 Å². The number of para-hydroxylation sites is 1. The van der Waals surface area contributed by atoms with Gasteiger partial charge in [-0.15, -0.1) is 10.2 Å². The number of hydrogen-bond donors (Lipinski definition) is 1. The van der Waals surface area contributed by atoms with Crippen LogP contribution in [0.2, 0.25) is 0 Å². The van der Waals surface area contributed by atoms with Crippen molar-refractivity contribution in [2.75, 3.05) is 23.4 Å². The number of nitrogens with two attached hydrogens (primary N) is 1. The highest BCUT2D eigenvalue weighted by atomic mass is 32.2. The Kier molecular flexibility index (Phi) is 3.83. The molecule has 1 saturated carbocycles. The summed E-state index contributed by atoms with van der Waals surface area (Å²) in [6.45, 7) is 0. The Hall–Kier alpha value is -2.02. The van der Waals surface area contributed by atoms with E-state index in [0.29, 0.717) is 17.7 Å². The van der Waals surface area contributed by atoms with Gasteiger partial charge in [0.15, 0.2) is 5.16 Å². The summed E-state index contributed by atoms with van der Waals surface area (Å²) < 4.78 is 1.93. The van der Waals surface area contributed by atoms with Crippen LogP contribution < -0.4 is 10.6 Å². The zero-order valence-corrected chi connectivity index (χ0v) is 12.6. The third-order valence-corrected chi connectivity index (χ3v) is 4.37. The average Bonchev–Trinajstić information content (AvgIpc) is 3.28. The lowest BCUT2D eigenvalue weighted by atomic mass is 10.3. The van der Waals surface area contributed by atoms with Crippen LogP contribution in [0.1, 0.15) is 18.9 Å². The van der Waals surface area contributed by atoms with Gasteiger partial charge in [0.2, 0.25) is 11.9 Å². The molecule has 0 atom stereocenters. The molecule has 0 bridgehead atoms. The lowest BCUT2D eigenvalue weighted by Crippen LogP contribution is -2.27. The summed E-state index contributed by atoms with van der Waals surface area (Å²) in [7, 11) is 1.78. The van der Waals surface area contributed by atoms with E-state index in [0.717, 1.165) is 23.7 Å². The number of hydrogen-bond acceptors (Lipinski definition) is 5. The summed E-state index contributed by atoms with van der Waals surface area (Å²) >= 11 is 1.39. The molecule has 1 fully saturated rings. The van der Waals surface area contributed by atoms with E-state index < -0.39 is 0 Å². The molecule has 1 aromatic carbocycles. The second-order valence-corrected chi connectivity index (χ2v) is 5.96. The number of carbonyl (C=O) groups is 1. The molecule has 0 spiro atoms. The van der Waals surface area contributed by atoms with Crippen LogP contribution in [0, 0.1) is 0 Å². The predicted octanol–water partition coefficient (Wildman–Crippen LogP) is 1.95. The van der Waals surface area contributed by atoms with E-state index in [4.69, 9.17) is 5.73 Å². The van der Waals surface area contributed by atoms with Crippen LogP contribution in [-0.2, 0) is 4.79 Å². The van der Waals surface area contributed by atoms with Crippen molar-refractivity contribution in [2.45, 2.75) is 24.0 Å². The number of carbonyl (C=O) groups excluding carboxylic acids is 1. The van der Waals surface area contributed by atoms with Gasteiger partial charge in [-0.1, -0.05) is 30.0 Å². The standard InChI is InChI=1S/C14H17N5OS/c1-18(10-5-3-2-4-6-10)12(20)9-21-14-17-16-13(15)19(14)11-7-8-11/h2-6,11H,7-9H2,1H3,(H2,15,16). The summed E-state index contributed by atoms with van der Waals surface area (Å²) in [6, 6.07) is 9.98. The van der Waals surface area contributed by atoms with Gasteiger partial charge < -0.3 is 10.6 Å². The maximum absolute atomic E-state index is 12.2. The number of thioether (sulfide) groups is 1. The Balaban J connectivity index is 1.64. The Bertz CT molecular complexity index is 638.